The van der Waals surface area contributed by atoms with Gasteiger partial charge >= 0.3 is 5.97 Å². The molecule has 0 aliphatic heterocycles. The second kappa shape index (κ2) is 5.25. The average Bonchev–Trinajstić information content (AvgIpc) is 3.25. The predicted molar refractivity (Wildman–Crippen MR) is 82.5 cm³/mol. The number of carboxylic acid groups (broad SMARTS) is 1. The lowest BCUT2D eigenvalue weighted by Crippen LogP contribution is -2.13. The third-order valence-electron chi connectivity index (χ3n) is 4.13. The number of carbonyl (C=O) groups is 1. The van der Waals surface area contributed by atoms with Gasteiger partial charge in [-0.2, -0.15) is 0 Å². The smallest absolute Gasteiger partial charge is 0.308 e. The van der Waals surface area contributed by atoms with Crippen LogP contribution in [-0.2, 0) is 14.6 Å². The molecule has 3 atom stereocenters. The lowest BCUT2D eigenvalue weighted by atomic mass is 10.1. The number of carboxylic acids is 1. The summed E-state index contributed by atoms with van der Waals surface area (Å²) in [6, 6.07) is 15.5. The summed E-state index contributed by atoms with van der Waals surface area (Å²) in [5, 5.41) is 8.45. The molecule has 0 radical (unpaired) electrons. The number of hydrogen-bond acceptors (Lipinski definition) is 3. The molecule has 2 aromatic rings. The van der Waals surface area contributed by atoms with E-state index in [0.29, 0.717) is 0 Å². The zero-order valence-electron chi connectivity index (χ0n) is 12.0. The van der Waals surface area contributed by atoms with Crippen molar-refractivity contribution in [2.24, 2.45) is 5.92 Å². The van der Waals surface area contributed by atoms with Crippen molar-refractivity contribution in [1.82, 2.24) is 0 Å². The molecule has 5 heteroatoms. The average molecular weight is 316 g/mol. The van der Waals surface area contributed by atoms with Gasteiger partial charge in [0, 0.05) is 5.92 Å². The zero-order valence-corrected chi connectivity index (χ0v) is 12.8. The van der Waals surface area contributed by atoms with Crippen molar-refractivity contribution in [3.05, 3.63) is 65.7 Å². The van der Waals surface area contributed by atoms with Gasteiger partial charge in [-0.05, 0) is 24.6 Å². The molecular formula is C17H16O4S. The first-order chi connectivity index (χ1) is 10.4. The van der Waals surface area contributed by atoms with Gasteiger partial charge in [0.25, 0.3) is 0 Å². The van der Waals surface area contributed by atoms with E-state index in [1.165, 1.54) is 0 Å². The van der Waals surface area contributed by atoms with Crippen molar-refractivity contribution in [1.29, 1.82) is 0 Å². The van der Waals surface area contributed by atoms with E-state index in [2.05, 4.69) is 0 Å². The normalized spacial score (nSPS) is 24.0. The number of aryl methyl sites for hydroxylation is 1. The number of sulfone groups is 1. The van der Waals surface area contributed by atoms with Crippen molar-refractivity contribution >= 4 is 15.8 Å². The van der Waals surface area contributed by atoms with Crippen LogP contribution in [0.25, 0.3) is 0 Å². The summed E-state index contributed by atoms with van der Waals surface area (Å²) in [7, 11) is -3.65. The van der Waals surface area contributed by atoms with Crippen LogP contribution in [0.3, 0.4) is 0 Å². The van der Waals surface area contributed by atoms with E-state index < -0.39 is 32.9 Å². The maximum Gasteiger partial charge on any atom is 0.308 e. The van der Waals surface area contributed by atoms with Crippen LogP contribution in [0.15, 0.2) is 59.5 Å². The minimum Gasteiger partial charge on any atom is -0.481 e. The minimum absolute atomic E-state index is 0.188. The van der Waals surface area contributed by atoms with Gasteiger partial charge in [-0.3, -0.25) is 4.79 Å². The summed E-state index contributed by atoms with van der Waals surface area (Å²) >= 11 is 0. The highest BCUT2D eigenvalue weighted by atomic mass is 32.2. The third-order valence-corrected chi connectivity index (χ3v) is 6.36. The van der Waals surface area contributed by atoms with E-state index in [4.69, 9.17) is 0 Å². The molecule has 2 aromatic carbocycles. The van der Waals surface area contributed by atoms with Gasteiger partial charge in [-0.15, -0.1) is 0 Å². The Bertz CT molecular complexity index is 794. The SMILES string of the molecule is Cc1ccc(S(=O)(=O)[C@@H]2[C@@H](C(=O)O)[C@H]2c2ccccc2)cc1. The number of benzene rings is 2. The van der Waals surface area contributed by atoms with Crippen molar-refractivity contribution in [3.8, 4) is 0 Å². The fourth-order valence-electron chi connectivity index (χ4n) is 2.92. The van der Waals surface area contributed by atoms with Crippen LogP contribution in [0.1, 0.15) is 17.0 Å². The van der Waals surface area contributed by atoms with Crippen LogP contribution in [-0.4, -0.2) is 24.7 Å². The first-order valence-electron chi connectivity index (χ1n) is 7.01. The maximum absolute atomic E-state index is 12.7. The molecule has 0 saturated heterocycles. The van der Waals surface area contributed by atoms with Gasteiger partial charge in [0.15, 0.2) is 9.84 Å². The Labute approximate surface area is 129 Å². The summed E-state index contributed by atoms with van der Waals surface area (Å²) < 4.78 is 25.5. The molecule has 0 unspecified atom stereocenters. The van der Waals surface area contributed by atoms with E-state index >= 15 is 0 Å². The van der Waals surface area contributed by atoms with E-state index in [9.17, 15) is 18.3 Å². The van der Waals surface area contributed by atoms with Crippen molar-refractivity contribution in [2.45, 2.75) is 23.0 Å². The van der Waals surface area contributed by atoms with Gasteiger partial charge in [-0.25, -0.2) is 8.42 Å². The van der Waals surface area contributed by atoms with Gasteiger partial charge < -0.3 is 5.11 Å². The molecule has 1 N–H and O–H groups in total. The van der Waals surface area contributed by atoms with E-state index in [-0.39, 0.29) is 4.90 Å². The maximum atomic E-state index is 12.7. The van der Waals surface area contributed by atoms with Crippen LogP contribution >= 0.6 is 0 Å². The highest BCUT2D eigenvalue weighted by Crippen LogP contribution is 2.54. The molecule has 0 heterocycles. The summed E-state index contributed by atoms with van der Waals surface area (Å²) in [6.07, 6.45) is 0. The quantitative estimate of drug-likeness (QED) is 0.941. The molecule has 4 nitrogen and oxygen atoms in total. The molecule has 0 aromatic heterocycles. The van der Waals surface area contributed by atoms with Crippen molar-refractivity contribution in [2.75, 3.05) is 0 Å². The van der Waals surface area contributed by atoms with Gasteiger partial charge in [0.1, 0.15) is 0 Å². The third kappa shape index (κ3) is 2.41. The second-order valence-corrected chi connectivity index (χ2v) is 7.73. The number of aliphatic carboxylic acids is 1. The second-order valence-electron chi connectivity index (χ2n) is 5.62. The lowest BCUT2D eigenvalue weighted by Gasteiger charge is -2.04. The first kappa shape index (κ1) is 14.8. The van der Waals surface area contributed by atoms with E-state index in [0.717, 1.165) is 11.1 Å². The molecule has 0 spiro atoms. The van der Waals surface area contributed by atoms with E-state index in [1.807, 2.05) is 13.0 Å². The Morgan fingerprint density at radius 1 is 1.00 bits per heavy atom. The standard InChI is InChI=1S/C17H16O4S/c1-11-7-9-13(10-8-11)22(20,21)16-14(15(16)17(18)19)12-5-3-2-4-6-12/h2-10,14-16H,1H3,(H,18,19)/t14-,15+,16+/m1/s1. The Kier molecular flexibility index (Phi) is 3.53. The molecule has 1 aliphatic rings. The molecule has 0 amide bonds. The Morgan fingerprint density at radius 3 is 2.14 bits per heavy atom. The molecule has 1 aliphatic carbocycles. The Hall–Kier alpha value is -2.14. The van der Waals surface area contributed by atoms with Crippen LogP contribution < -0.4 is 0 Å². The topological polar surface area (TPSA) is 71.4 Å². The molecule has 1 fully saturated rings. The lowest BCUT2D eigenvalue weighted by molar-refractivity contribution is -0.138. The molecule has 114 valence electrons. The minimum atomic E-state index is -3.65. The summed E-state index contributed by atoms with van der Waals surface area (Å²) in [6.45, 7) is 1.88. The van der Waals surface area contributed by atoms with Crippen LogP contribution in [0, 0.1) is 12.8 Å². The van der Waals surface area contributed by atoms with Crippen LogP contribution in [0.2, 0.25) is 0 Å². The largest absolute Gasteiger partial charge is 0.481 e. The van der Waals surface area contributed by atoms with Gasteiger partial charge in [0.2, 0.25) is 0 Å². The Balaban J connectivity index is 1.99. The summed E-state index contributed by atoms with van der Waals surface area (Å²) in [5.74, 6) is -2.42. The zero-order chi connectivity index (χ0) is 15.9. The van der Waals surface area contributed by atoms with Crippen LogP contribution in [0.5, 0.6) is 0 Å². The molecule has 1 saturated carbocycles. The van der Waals surface area contributed by atoms with Gasteiger partial charge in [0.05, 0.1) is 16.1 Å². The van der Waals surface area contributed by atoms with Crippen LogP contribution in [0.4, 0.5) is 0 Å². The highest BCUT2D eigenvalue weighted by molar-refractivity contribution is 7.92. The highest BCUT2D eigenvalue weighted by Gasteiger charge is 2.62. The molecule has 22 heavy (non-hydrogen) atoms. The summed E-state index contributed by atoms with van der Waals surface area (Å²) in [5.41, 5.74) is 1.72. The molecule has 0 bridgehead atoms. The predicted octanol–water partition coefficient (Wildman–Crippen LogP) is 2.64. The van der Waals surface area contributed by atoms with Crippen molar-refractivity contribution < 1.29 is 18.3 Å². The fourth-order valence-corrected chi connectivity index (χ4v) is 5.04. The Morgan fingerprint density at radius 2 is 1.59 bits per heavy atom. The first-order valence-corrected chi connectivity index (χ1v) is 8.56. The van der Waals surface area contributed by atoms with Crippen molar-refractivity contribution in [3.63, 3.8) is 0 Å². The van der Waals surface area contributed by atoms with Gasteiger partial charge in [-0.1, -0.05) is 48.0 Å². The monoisotopic (exact) mass is 316 g/mol. The van der Waals surface area contributed by atoms with E-state index in [1.54, 1.807) is 48.5 Å². The molecule has 3 rings (SSSR count). The summed E-state index contributed by atoms with van der Waals surface area (Å²) in [4.78, 5) is 11.6. The number of hydrogen-bond donors (Lipinski definition) is 1. The molecular weight excluding hydrogens is 300 g/mol. The fraction of sp³-hybridized carbons (Fsp3) is 0.235. The number of rotatable bonds is 4.